The van der Waals surface area contributed by atoms with Gasteiger partial charge in [0.25, 0.3) is 0 Å². The van der Waals surface area contributed by atoms with Crippen molar-refractivity contribution in [2.24, 2.45) is 0 Å². The van der Waals surface area contributed by atoms with Crippen molar-refractivity contribution in [1.82, 2.24) is 19.6 Å². The molecule has 0 aliphatic carbocycles. The number of hydrogen-bond donors (Lipinski definition) is 1. The molecule has 18 heavy (non-hydrogen) atoms. The molecule has 1 aliphatic heterocycles. The van der Waals surface area contributed by atoms with Crippen LogP contribution in [0.25, 0.3) is 5.65 Å². The van der Waals surface area contributed by atoms with Crippen LogP contribution in [0.4, 0.5) is 0 Å². The molecule has 0 amide bonds. The lowest BCUT2D eigenvalue weighted by atomic mass is 10.2. The minimum atomic E-state index is 0.583. The predicted molar refractivity (Wildman–Crippen MR) is 72.7 cm³/mol. The zero-order valence-electron chi connectivity index (χ0n) is 11.1. The van der Waals surface area contributed by atoms with Crippen LogP contribution in [0, 0.1) is 6.92 Å². The Morgan fingerprint density at radius 1 is 1.44 bits per heavy atom. The van der Waals surface area contributed by atoms with Crippen LogP contribution in [0.15, 0.2) is 24.5 Å². The Morgan fingerprint density at radius 2 is 2.33 bits per heavy atom. The highest BCUT2D eigenvalue weighted by Crippen LogP contribution is 2.12. The summed E-state index contributed by atoms with van der Waals surface area (Å²) in [6.07, 6.45) is 4.17. The lowest BCUT2D eigenvalue weighted by molar-refractivity contribution is 0.197. The molecule has 1 aliphatic rings. The SMILES string of the molecule is Cc1ccc2ncc(CN3CCN[C@@H](C)C3)n2c1. The van der Waals surface area contributed by atoms with Gasteiger partial charge < -0.3 is 9.72 Å². The molecule has 2 aromatic rings. The number of piperazine rings is 1. The van der Waals surface area contributed by atoms with Crippen molar-refractivity contribution in [3.05, 3.63) is 35.8 Å². The van der Waals surface area contributed by atoms with E-state index >= 15 is 0 Å². The van der Waals surface area contributed by atoms with Gasteiger partial charge in [0.05, 0.1) is 11.9 Å². The van der Waals surface area contributed by atoms with Crippen LogP contribution in [0.3, 0.4) is 0 Å². The molecule has 0 aromatic carbocycles. The van der Waals surface area contributed by atoms with E-state index in [0.717, 1.165) is 31.8 Å². The van der Waals surface area contributed by atoms with Gasteiger partial charge in [-0.15, -0.1) is 0 Å². The predicted octanol–water partition coefficient (Wildman–Crippen LogP) is 1.44. The van der Waals surface area contributed by atoms with Crippen molar-refractivity contribution in [3.63, 3.8) is 0 Å². The van der Waals surface area contributed by atoms with Gasteiger partial charge in [0, 0.05) is 38.4 Å². The van der Waals surface area contributed by atoms with E-state index in [9.17, 15) is 0 Å². The Morgan fingerprint density at radius 3 is 3.17 bits per heavy atom. The number of aryl methyl sites for hydroxylation is 1. The highest BCUT2D eigenvalue weighted by molar-refractivity contribution is 5.41. The number of hydrogen-bond acceptors (Lipinski definition) is 3. The Bertz CT molecular complexity index is 546. The quantitative estimate of drug-likeness (QED) is 0.867. The maximum absolute atomic E-state index is 4.46. The highest BCUT2D eigenvalue weighted by atomic mass is 15.2. The molecule has 4 nitrogen and oxygen atoms in total. The second-order valence-corrected chi connectivity index (χ2v) is 5.27. The van der Waals surface area contributed by atoms with Crippen LogP contribution in [-0.4, -0.2) is 40.0 Å². The standard InChI is InChI=1S/C14H20N4/c1-11-3-4-14-16-7-13(18(14)8-11)10-17-6-5-15-12(2)9-17/h3-4,7-8,12,15H,5-6,9-10H2,1-2H3/t12-/m0/s1. The summed E-state index contributed by atoms with van der Waals surface area (Å²) in [6.45, 7) is 8.65. The monoisotopic (exact) mass is 244 g/mol. The van der Waals surface area contributed by atoms with Crippen LogP contribution in [0.2, 0.25) is 0 Å². The summed E-state index contributed by atoms with van der Waals surface area (Å²) in [7, 11) is 0. The molecule has 0 unspecified atom stereocenters. The topological polar surface area (TPSA) is 32.6 Å². The third-order valence-electron chi connectivity index (χ3n) is 3.57. The van der Waals surface area contributed by atoms with Gasteiger partial charge in [0.2, 0.25) is 0 Å². The van der Waals surface area contributed by atoms with E-state index in [1.807, 2.05) is 6.20 Å². The fraction of sp³-hybridized carbons (Fsp3) is 0.500. The van der Waals surface area contributed by atoms with Crippen molar-refractivity contribution in [2.75, 3.05) is 19.6 Å². The van der Waals surface area contributed by atoms with Crippen LogP contribution in [-0.2, 0) is 6.54 Å². The number of aromatic nitrogens is 2. The van der Waals surface area contributed by atoms with Gasteiger partial charge in [0.15, 0.2) is 0 Å². The van der Waals surface area contributed by atoms with Gasteiger partial charge in [0.1, 0.15) is 5.65 Å². The first-order chi connectivity index (χ1) is 8.72. The van der Waals surface area contributed by atoms with Crippen molar-refractivity contribution in [3.8, 4) is 0 Å². The summed E-state index contributed by atoms with van der Waals surface area (Å²) >= 11 is 0. The normalized spacial score (nSPS) is 21.6. The molecule has 2 aromatic heterocycles. The van der Waals surface area contributed by atoms with Gasteiger partial charge in [-0.2, -0.15) is 0 Å². The van der Waals surface area contributed by atoms with E-state index in [4.69, 9.17) is 0 Å². The molecular weight excluding hydrogens is 224 g/mol. The molecule has 1 N–H and O–H groups in total. The second kappa shape index (κ2) is 4.71. The number of fused-ring (bicyclic) bond motifs is 1. The van der Waals surface area contributed by atoms with Crippen molar-refractivity contribution in [2.45, 2.75) is 26.4 Å². The zero-order chi connectivity index (χ0) is 12.5. The fourth-order valence-electron chi connectivity index (χ4n) is 2.64. The third kappa shape index (κ3) is 2.26. The first-order valence-electron chi connectivity index (χ1n) is 6.61. The lowest BCUT2D eigenvalue weighted by Crippen LogP contribution is -2.48. The van der Waals surface area contributed by atoms with Gasteiger partial charge in [-0.25, -0.2) is 4.98 Å². The third-order valence-corrected chi connectivity index (χ3v) is 3.57. The second-order valence-electron chi connectivity index (χ2n) is 5.27. The number of nitrogens with zero attached hydrogens (tertiary/aromatic N) is 3. The first-order valence-corrected chi connectivity index (χ1v) is 6.61. The summed E-state index contributed by atoms with van der Waals surface area (Å²) in [4.78, 5) is 6.96. The summed E-state index contributed by atoms with van der Waals surface area (Å²) in [5, 5.41) is 3.47. The minimum absolute atomic E-state index is 0.583. The van der Waals surface area contributed by atoms with Gasteiger partial charge >= 0.3 is 0 Å². The number of nitrogens with one attached hydrogen (secondary N) is 1. The Labute approximate surface area is 108 Å². The van der Waals surface area contributed by atoms with Gasteiger partial charge in [-0.1, -0.05) is 6.07 Å². The molecule has 4 heteroatoms. The van der Waals surface area contributed by atoms with E-state index in [-0.39, 0.29) is 0 Å². The van der Waals surface area contributed by atoms with E-state index in [0.29, 0.717) is 6.04 Å². The molecule has 0 spiro atoms. The molecular formula is C14H20N4. The molecule has 0 radical (unpaired) electrons. The van der Waals surface area contributed by atoms with E-state index in [2.05, 4.69) is 51.8 Å². The summed E-state index contributed by atoms with van der Waals surface area (Å²) in [6, 6.07) is 4.78. The smallest absolute Gasteiger partial charge is 0.136 e. The van der Waals surface area contributed by atoms with Crippen molar-refractivity contribution >= 4 is 5.65 Å². The minimum Gasteiger partial charge on any atom is -0.312 e. The highest BCUT2D eigenvalue weighted by Gasteiger charge is 2.16. The van der Waals surface area contributed by atoms with Crippen LogP contribution < -0.4 is 5.32 Å². The van der Waals surface area contributed by atoms with E-state index in [1.54, 1.807) is 0 Å². The number of rotatable bonds is 2. The average Bonchev–Trinajstić information content (AvgIpc) is 2.72. The van der Waals surface area contributed by atoms with Crippen molar-refractivity contribution < 1.29 is 0 Å². The van der Waals surface area contributed by atoms with Gasteiger partial charge in [-0.3, -0.25) is 4.90 Å². The maximum atomic E-state index is 4.46. The number of imidazole rings is 1. The van der Waals surface area contributed by atoms with E-state index in [1.165, 1.54) is 11.3 Å². The summed E-state index contributed by atoms with van der Waals surface area (Å²) in [5.41, 5.74) is 3.59. The van der Waals surface area contributed by atoms with Gasteiger partial charge in [-0.05, 0) is 25.5 Å². The fourth-order valence-corrected chi connectivity index (χ4v) is 2.64. The molecule has 1 atom stereocenters. The van der Waals surface area contributed by atoms with Crippen LogP contribution in [0.5, 0.6) is 0 Å². The largest absolute Gasteiger partial charge is 0.312 e. The molecule has 0 saturated carbocycles. The van der Waals surface area contributed by atoms with Crippen molar-refractivity contribution in [1.29, 1.82) is 0 Å². The lowest BCUT2D eigenvalue weighted by Gasteiger charge is -2.31. The Hall–Kier alpha value is -1.39. The molecule has 0 bridgehead atoms. The maximum Gasteiger partial charge on any atom is 0.136 e. The van der Waals surface area contributed by atoms with E-state index < -0.39 is 0 Å². The zero-order valence-corrected chi connectivity index (χ0v) is 11.1. The molecule has 96 valence electrons. The van der Waals surface area contributed by atoms with Crippen LogP contribution >= 0.6 is 0 Å². The number of pyridine rings is 1. The Kier molecular flexibility index (Phi) is 3.06. The molecule has 3 rings (SSSR count). The van der Waals surface area contributed by atoms with Crippen LogP contribution in [0.1, 0.15) is 18.2 Å². The summed E-state index contributed by atoms with van der Waals surface area (Å²) < 4.78 is 2.21. The molecule has 1 saturated heterocycles. The summed E-state index contributed by atoms with van der Waals surface area (Å²) in [5.74, 6) is 0. The molecule has 1 fully saturated rings. The average molecular weight is 244 g/mol. The Balaban J connectivity index is 1.83. The first kappa shape index (κ1) is 11.7. The molecule has 3 heterocycles.